The Morgan fingerprint density at radius 1 is 1.29 bits per heavy atom. The Hall–Kier alpha value is -0.450. The second kappa shape index (κ2) is 8.86. The van der Waals surface area contributed by atoms with Crippen molar-refractivity contribution in [3.8, 4) is 0 Å². The molecule has 0 saturated heterocycles. The first-order valence-corrected chi connectivity index (χ1v) is 9.44. The Morgan fingerprint density at radius 3 is 2.62 bits per heavy atom. The summed E-state index contributed by atoms with van der Waals surface area (Å²) in [6.45, 7) is 6.23. The number of hydrogen-bond acceptors (Lipinski definition) is 4. The molecule has 4 heteroatoms. The molecule has 1 heterocycles. The Kier molecular flexibility index (Phi) is 7.14. The highest BCUT2D eigenvalue weighted by atomic mass is 32.1. The topological polar surface area (TPSA) is 34.2 Å². The van der Waals surface area contributed by atoms with Crippen LogP contribution in [-0.2, 0) is 11.2 Å². The summed E-state index contributed by atoms with van der Waals surface area (Å²) < 4.78 is 6.37. The number of nitrogens with one attached hydrogen (secondary N) is 1. The second-order valence-electron chi connectivity index (χ2n) is 6.05. The average Bonchev–Trinajstić information content (AvgIpc) is 2.89. The van der Waals surface area contributed by atoms with Crippen LogP contribution in [0.3, 0.4) is 0 Å². The van der Waals surface area contributed by atoms with Gasteiger partial charge in [0, 0.05) is 30.6 Å². The van der Waals surface area contributed by atoms with Crippen molar-refractivity contribution in [2.45, 2.75) is 76.9 Å². The summed E-state index contributed by atoms with van der Waals surface area (Å²) in [6, 6.07) is 0.390. The fourth-order valence-corrected chi connectivity index (χ4v) is 4.16. The predicted molar refractivity (Wildman–Crippen MR) is 90.0 cm³/mol. The molecule has 21 heavy (non-hydrogen) atoms. The first-order valence-electron chi connectivity index (χ1n) is 8.56. The van der Waals surface area contributed by atoms with Crippen LogP contribution in [0.1, 0.15) is 63.8 Å². The first kappa shape index (κ1) is 16.9. The van der Waals surface area contributed by atoms with E-state index in [1.54, 1.807) is 11.3 Å². The van der Waals surface area contributed by atoms with Crippen LogP contribution in [0.4, 0.5) is 0 Å². The van der Waals surface area contributed by atoms with Crippen molar-refractivity contribution in [3.05, 3.63) is 16.6 Å². The summed E-state index contributed by atoms with van der Waals surface area (Å²) in [5, 5.41) is 7.08. The lowest BCUT2D eigenvalue weighted by Crippen LogP contribution is -2.54. The normalized spacial score (nSPS) is 20.1. The third-order valence-corrected chi connectivity index (χ3v) is 5.32. The number of hydrogen-bond donors (Lipinski definition) is 1. The molecule has 1 aromatic heterocycles. The summed E-state index contributed by atoms with van der Waals surface area (Å²) in [4.78, 5) is 4.50. The van der Waals surface area contributed by atoms with E-state index in [1.807, 2.05) is 6.20 Å². The Labute approximate surface area is 133 Å². The van der Waals surface area contributed by atoms with Gasteiger partial charge in [0.1, 0.15) is 0 Å². The fourth-order valence-electron chi connectivity index (χ4n) is 3.50. The summed E-state index contributed by atoms with van der Waals surface area (Å²) in [6.07, 6.45) is 11.7. The predicted octanol–water partition coefficient (Wildman–Crippen LogP) is 4.18. The van der Waals surface area contributed by atoms with Crippen molar-refractivity contribution in [2.24, 2.45) is 0 Å². The van der Waals surface area contributed by atoms with Crippen LogP contribution in [-0.4, -0.2) is 29.8 Å². The van der Waals surface area contributed by atoms with E-state index >= 15 is 0 Å². The molecule has 1 aliphatic rings. The van der Waals surface area contributed by atoms with Gasteiger partial charge in [-0.3, -0.25) is 0 Å². The lowest BCUT2D eigenvalue weighted by Gasteiger charge is -2.40. The molecule has 1 aliphatic carbocycles. The molecule has 1 aromatic rings. The molecule has 1 unspecified atom stereocenters. The number of thiazole rings is 1. The van der Waals surface area contributed by atoms with Gasteiger partial charge in [-0.05, 0) is 32.7 Å². The van der Waals surface area contributed by atoms with Gasteiger partial charge in [-0.1, -0.05) is 32.6 Å². The molecule has 0 spiro atoms. The summed E-state index contributed by atoms with van der Waals surface area (Å²) >= 11 is 1.76. The number of nitrogens with zero attached hydrogens (tertiary/aromatic N) is 1. The van der Waals surface area contributed by atoms with Gasteiger partial charge < -0.3 is 10.1 Å². The largest absolute Gasteiger partial charge is 0.374 e. The van der Waals surface area contributed by atoms with E-state index in [-0.39, 0.29) is 5.60 Å². The second-order valence-corrected chi connectivity index (χ2v) is 7.03. The Morgan fingerprint density at radius 2 is 2.05 bits per heavy atom. The van der Waals surface area contributed by atoms with Gasteiger partial charge in [0.05, 0.1) is 10.6 Å². The number of aromatic nitrogens is 1. The van der Waals surface area contributed by atoms with Crippen LogP contribution in [0.25, 0.3) is 0 Å². The molecule has 2 rings (SSSR count). The lowest BCUT2D eigenvalue weighted by atomic mass is 9.84. The molecule has 0 amide bonds. The van der Waals surface area contributed by atoms with Gasteiger partial charge >= 0.3 is 0 Å². The minimum Gasteiger partial charge on any atom is -0.374 e. The van der Waals surface area contributed by atoms with Gasteiger partial charge in [0.15, 0.2) is 0 Å². The standard InChI is InChI=1S/C17H30N2OS/c1-3-11-18-15(14-16-19-12-13-21-16)17(20-4-2)9-7-5-6-8-10-17/h12-13,15,18H,3-11,14H2,1-2H3. The molecule has 0 radical (unpaired) electrons. The molecule has 3 nitrogen and oxygen atoms in total. The molecule has 0 aromatic carbocycles. The smallest absolute Gasteiger partial charge is 0.0941 e. The Balaban J connectivity index is 2.15. The van der Waals surface area contributed by atoms with Gasteiger partial charge in [0.25, 0.3) is 0 Å². The van der Waals surface area contributed by atoms with Crippen molar-refractivity contribution in [1.29, 1.82) is 0 Å². The quantitative estimate of drug-likeness (QED) is 0.731. The maximum Gasteiger partial charge on any atom is 0.0941 e. The van der Waals surface area contributed by atoms with Crippen LogP contribution < -0.4 is 5.32 Å². The van der Waals surface area contributed by atoms with E-state index in [4.69, 9.17) is 4.74 Å². The molecular weight excluding hydrogens is 280 g/mol. The Bertz CT molecular complexity index is 372. The van der Waals surface area contributed by atoms with Crippen LogP contribution in [0, 0.1) is 0 Å². The lowest BCUT2D eigenvalue weighted by molar-refractivity contribution is -0.0767. The van der Waals surface area contributed by atoms with Gasteiger partial charge in [-0.2, -0.15) is 0 Å². The average molecular weight is 311 g/mol. The molecule has 120 valence electrons. The number of rotatable bonds is 8. The summed E-state index contributed by atoms with van der Waals surface area (Å²) in [7, 11) is 0. The molecule has 0 bridgehead atoms. The van der Waals surface area contributed by atoms with Crippen molar-refractivity contribution >= 4 is 11.3 Å². The van der Waals surface area contributed by atoms with Crippen molar-refractivity contribution in [1.82, 2.24) is 10.3 Å². The third kappa shape index (κ3) is 4.76. The van der Waals surface area contributed by atoms with Crippen LogP contribution in [0.15, 0.2) is 11.6 Å². The molecule has 1 fully saturated rings. The first-order chi connectivity index (χ1) is 10.3. The van der Waals surface area contributed by atoms with E-state index < -0.39 is 0 Å². The van der Waals surface area contributed by atoms with Crippen LogP contribution in [0.5, 0.6) is 0 Å². The monoisotopic (exact) mass is 310 g/mol. The summed E-state index contributed by atoms with van der Waals surface area (Å²) in [5.41, 5.74) is 0.00604. The number of ether oxygens (including phenoxy) is 1. The van der Waals surface area contributed by atoms with Crippen molar-refractivity contribution in [2.75, 3.05) is 13.2 Å². The molecule has 1 N–H and O–H groups in total. The minimum atomic E-state index is 0.00604. The highest BCUT2D eigenvalue weighted by Gasteiger charge is 2.39. The summed E-state index contributed by atoms with van der Waals surface area (Å²) in [5.74, 6) is 0. The van der Waals surface area contributed by atoms with Gasteiger partial charge in [-0.15, -0.1) is 11.3 Å². The van der Waals surface area contributed by atoms with E-state index in [9.17, 15) is 0 Å². The van der Waals surface area contributed by atoms with E-state index in [0.717, 1.165) is 26.0 Å². The zero-order valence-corrected chi connectivity index (χ0v) is 14.4. The zero-order chi connectivity index (χ0) is 15.0. The van der Waals surface area contributed by atoms with Crippen LogP contribution >= 0.6 is 11.3 Å². The van der Waals surface area contributed by atoms with Gasteiger partial charge in [-0.25, -0.2) is 4.98 Å². The third-order valence-electron chi connectivity index (χ3n) is 4.52. The minimum absolute atomic E-state index is 0.00604. The van der Waals surface area contributed by atoms with E-state index in [2.05, 4.69) is 29.5 Å². The molecule has 0 aliphatic heterocycles. The van der Waals surface area contributed by atoms with Crippen LogP contribution in [0.2, 0.25) is 0 Å². The van der Waals surface area contributed by atoms with E-state index in [1.165, 1.54) is 43.5 Å². The maximum absolute atomic E-state index is 6.37. The molecule has 1 atom stereocenters. The van der Waals surface area contributed by atoms with Gasteiger partial charge in [0.2, 0.25) is 0 Å². The van der Waals surface area contributed by atoms with Crippen molar-refractivity contribution in [3.63, 3.8) is 0 Å². The highest BCUT2D eigenvalue weighted by Crippen LogP contribution is 2.35. The van der Waals surface area contributed by atoms with Crippen molar-refractivity contribution < 1.29 is 4.74 Å². The molecule has 1 saturated carbocycles. The van der Waals surface area contributed by atoms with E-state index in [0.29, 0.717) is 6.04 Å². The highest BCUT2D eigenvalue weighted by molar-refractivity contribution is 7.09. The fraction of sp³-hybridized carbons (Fsp3) is 0.824. The zero-order valence-electron chi connectivity index (χ0n) is 13.6. The SMILES string of the molecule is CCCNC(Cc1nccs1)C1(OCC)CCCCCC1. The molecular formula is C17H30N2OS. The maximum atomic E-state index is 6.37.